The van der Waals surface area contributed by atoms with Gasteiger partial charge < -0.3 is 16.0 Å². The molecule has 3 N–H and O–H groups in total. The van der Waals surface area contributed by atoms with Gasteiger partial charge in [0.05, 0.1) is 5.69 Å². The summed E-state index contributed by atoms with van der Waals surface area (Å²) in [6.45, 7) is 5.10. The smallest absolute Gasteiger partial charge is 0.370 e. The molecule has 0 saturated heterocycles. The fourth-order valence-electron chi connectivity index (χ4n) is 3.79. The van der Waals surface area contributed by atoms with Crippen molar-refractivity contribution < 1.29 is 22.4 Å². The zero-order valence-corrected chi connectivity index (χ0v) is 20.6. The number of anilines is 2. The van der Waals surface area contributed by atoms with E-state index >= 15 is 0 Å². The third-order valence-electron chi connectivity index (χ3n) is 6.04. The summed E-state index contributed by atoms with van der Waals surface area (Å²) in [6.07, 6.45) is -4.03. The number of benzene rings is 3. The third-order valence-corrected chi connectivity index (χ3v) is 6.04. The molecule has 0 aromatic heterocycles. The van der Waals surface area contributed by atoms with Crippen LogP contribution in [-0.2, 0) is 11.3 Å². The SMILES string of the molecule is C=C(/C=C(\CN(C)c1cccc(CN)c1)C(=O)Nc1cc(C(C)c2ccccc2)ccc1F)C(F)(F)F. The molecule has 0 aliphatic carbocycles. The largest absolute Gasteiger partial charge is 0.415 e. The van der Waals surface area contributed by atoms with Gasteiger partial charge in [-0.15, -0.1) is 0 Å². The second kappa shape index (κ2) is 11.9. The number of likely N-dealkylation sites (N-methyl/N-ethyl adjacent to an activating group) is 1. The molecule has 1 unspecified atom stereocenters. The van der Waals surface area contributed by atoms with Gasteiger partial charge in [0, 0.05) is 42.9 Å². The molecule has 0 fully saturated rings. The quantitative estimate of drug-likeness (QED) is 0.194. The van der Waals surface area contributed by atoms with E-state index in [1.807, 2.05) is 43.3 Å². The minimum Gasteiger partial charge on any atom is -0.370 e. The van der Waals surface area contributed by atoms with E-state index in [9.17, 15) is 22.4 Å². The molecule has 37 heavy (non-hydrogen) atoms. The van der Waals surface area contributed by atoms with Crippen LogP contribution in [-0.4, -0.2) is 25.7 Å². The summed E-state index contributed by atoms with van der Waals surface area (Å²) in [7, 11) is 1.63. The van der Waals surface area contributed by atoms with Crippen LogP contribution < -0.4 is 16.0 Å². The van der Waals surface area contributed by atoms with Gasteiger partial charge >= 0.3 is 6.18 Å². The maximum Gasteiger partial charge on any atom is 0.415 e. The van der Waals surface area contributed by atoms with Crippen molar-refractivity contribution in [3.63, 3.8) is 0 Å². The van der Waals surface area contributed by atoms with Crippen molar-refractivity contribution in [3.05, 3.63) is 119 Å². The zero-order valence-electron chi connectivity index (χ0n) is 20.6. The lowest BCUT2D eigenvalue weighted by molar-refractivity contribution is -0.112. The molecule has 0 heterocycles. The minimum absolute atomic E-state index is 0.0987. The number of hydrogen-bond acceptors (Lipinski definition) is 3. The summed E-state index contributed by atoms with van der Waals surface area (Å²) in [5, 5.41) is 2.46. The van der Waals surface area contributed by atoms with E-state index in [-0.39, 0.29) is 30.3 Å². The molecule has 0 radical (unpaired) electrons. The van der Waals surface area contributed by atoms with Gasteiger partial charge in [0.25, 0.3) is 5.91 Å². The molecule has 0 aliphatic rings. The number of carbonyl (C=O) groups excluding carboxylic acids is 1. The van der Waals surface area contributed by atoms with Crippen molar-refractivity contribution in [3.8, 4) is 0 Å². The fraction of sp³-hybridized carbons (Fsp3) is 0.207. The summed E-state index contributed by atoms with van der Waals surface area (Å²) >= 11 is 0. The highest BCUT2D eigenvalue weighted by atomic mass is 19.4. The number of alkyl halides is 3. The summed E-state index contributed by atoms with van der Waals surface area (Å²) < 4.78 is 54.5. The van der Waals surface area contributed by atoms with Crippen LogP contribution in [0.15, 0.2) is 96.6 Å². The Labute approximate surface area is 214 Å². The number of hydrogen-bond donors (Lipinski definition) is 2. The lowest BCUT2D eigenvalue weighted by atomic mass is 9.93. The van der Waals surface area contributed by atoms with Crippen LogP contribution >= 0.6 is 0 Å². The van der Waals surface area contributed by atoms with Gasteiger partial charge in [0.2, 0.25) is 0 Å². The van der Waals surface area contributed by atoms with E-state index in [0.29, 0.717) is 11.8 Å². The third kappa shape index (κ3) is 7.30. The Balaban J connectivity index is 1.90. The molecule has 3 aromatic carbocycles. The monoisotopic (exact) mass is 511 g/mol. The van der Waals surface area contributed by atoms with Crippen LogP contribution in [0.25, 0.3) is 0 Å². The number of carbonyl (C=O) groups is 1. The maximum absolute atomic E-state index is 14.7. The first-order chi connectivity index (χ1) is 17.5. The molecular weight excluding hydrogens is 482 g/mol. The number of rotatable bonds is 9. The van der Waals surface area contributed by atoms with Gasteiger partial charge in [-0.2, -0.15) is 13.2 Å². The average molecular weight is 512 g/mol. The van der Waals surface area contributed by atoms with Crippen LogP contribution in [0.3, 0.4) is 0 Å². The molecule has 3 rings (SSSR count). The Bertz CT molecular complexity index is 1290. The highest BCUT2D eigenvalue weighted by Gasteiger charge is 2.31. The van der Waals surface area contributed by atoms with Gasteiger partial charge in [0.15, 0.2) is 0 Å². The number of nitrogens with zero attached hydrogens (tertiary/aromatic N) is 1. The van der Waals surface area contributed by atoms with Crippen LogP contribution in [0.1, 0.15) is 29.5 Å². The summed E-state index contributed by atoms with van der Waals surface area (Å²) in [5.41, 5.74) is 7.36. The zero-order chi connectivity index (χ0) is 27.2. The number of nitrogens with two attached hydrogens (primary N) is 1. The highest BCUT2D eigenvalue weighted by molar-refractivity contribution is 6.04. The van der Waals surface area contributed by atoms with Crippen molar-refractivity contribution in [1.29, 1.82) is 0 Å². The molecule has 1 amide bonds. The number of allylic oxidation sites excluding steroid dienone is 2. The Kier molecular flexibility index (Phi) is 8.89. The van der Waals surface area contributed by atoms with Crippen LogP contribution in [0.4, 0.5) is 28.9 Å². The summed E-state index contributed by atoms with van der Waals surface area (Å²) in [5.74, 6) is -1.66. The second-order valence-corrected chi connectivity index (χ2v) is 8.75. The van der Waals surface area contributed by atoms with Crippen LogP contribution in [0.2, 0.25) is 0 Å². The Morgan fingerprint density at radius 1 is 1.05 bits per heavy atom. The fourth-order valence-corrected chi connectivity index (χ4v) is 3.79. The van der Waals surface area contributed by atoms with E-state index in [4.69, 9.17) is 5.73 Å². The predicted octanol–water partition coefficient (Wildman–Crippen LogP) is 6.56. The molecule has 0 aliphatic heterocycles. The van der Waals surface area contributed by atoms with Crippen LogP contribution in [0.5, 0.6) is 0 Å². The van der Waals surface area contributed by atoms with Gasteiger partial charge in [-0.25, -0.2) is 4.39 Å². The molecule has 0 spiro atoms. The van der Waals surface area contributed by atoms with Crippen molar-refractivity contribution in [1.82, 2.24) is 0 Å². The Morgan fingerprint density at radius 3 is 2.41 bits per heavy atom. The molecule has 0 saturated carbocycles. The first-order valence-electron chi connectivity index (χ1n) is 11.6. The lowest BCUT2D eigenvalue weighted by Crippen LogP contribution is -2.28. The maximum atomic E-state index is 14.7. The molecule has 8 heteroatoms. The summed E-state index contributed by atoms with van der Waals surface area (Å²) in [4.78, 5) is 14.8. The van der Waals surface area contributed by atoms with Gasteiger partial charge in [-0.05, 0) is 47.0 Å². The Morgan fingerprint density at radius 2 is 1.76 bits per heavy atom. The molecular formula is C29H29F4N3O. The molecule has 1 atom stereocenters. The van der Waals surface area contributed by atoms with Crippen molar-refractivity contribution in [2.75, 3.05) is 23.8 Å². The normalized spacial score (nSPS) is 12.7. The van der Waals surface area contributed by atoms with E-state index in [1.165, 1.54) is 12.1 Å². The van der Waals surface area contributed by atoms with E-state index < -0.39 is 23.5 Å². The topological polar surface area (TPSA) is 58.4 Å². The van der Waals surface area contributed by atoms with Crippen molar-refractivity contribution >= 4 is 17.3 Å². The summed E-state index contributed by atoms with van der Waals surface area (Å²) in [6, 6.07) is 21.0. The first-order valence-corrected chi connectivity index (χ1v) is 11.6. The number of nitrogens with one attached hydrogen (secondary N) is 1. The van der Waals surface area contributed by atoms with Gasteiger partial charge in [0.1, 0.15) is 5.82 Å². The minimum atomic E-state index is -4.72. The second-order valence-electron chi connectivity index (χ2n) is 8.75. The molecule has 3 aromatic rings. The van der Waals surface area contributed by atoms with Crippen molar-refractivity contribution in [2.45, 2.75) is 25.6 Å². The standard InChI is InChI=1S/C29H29F4N3O/c1-19(29(31,32)33)14-24(18-36(3)25-11-7-8-21(15-25)17-34)28(37)35-27-16-23(12-13-26(27)30)20(2)22-9-5-4-6-10-22/h4-16,20H,1,17-18,34H2,2-3H3,(H,35,37)/b24-14+. The van der Waals surface area contributed by atoms with E-state index in [2.05, 4.69) is 11.9 Å². The van der Waals surface area contributed by atoms with Crippen LogP contribution in [0, 0.1) is 5.82 Å². The highest BCUT2D eigenvalue weighted by Crippen LogP contribution is 2.29. The van der Waals surface area contributed by atoms with Crippen molar-refractivity contribution in [2.24, 2.45) is 5.73 Å². The van der Waals surface area contributed by atoms with E-state index in [1.54, 1.807) is 36.2 Å². The Hall–Kier alpha value is -3.91. The average Bonchev–Trinajstić information content (AvgIpc) is 2.88. The first kappa shape index (κ1) is 27.7. The number of halogens is 4. The predicted molar refractivity (Wildman–Crippen MR) is 140 cm³/mol. The van der Waals surface area contributed by atoms with Gasteiger partial charge in [-0.1, -0.05) is 62.0 Å². The van der Waals surface area contributed by atoms with E-state index in [0.717, 1.165) is 16.7 Å². The molecule has 194 valence electrons. The molecule has 4 nitrogen and oxygen atoms in total. The molecule has 0 bridgehead atoms. The lowest BCUT2D eigenvalue weighted by Gasteiger charge is -2.22. The number of amides is 1. The van der Waals surface area contributed by atoms with Gasteiger partial charge in [-0.3, -0.25) is 4.79 Å².